The largest absolute Gasteiger partial charge is 0.481 e. The van der Waals surface area contributed by atoms with Crippen LogP contribution in [0.4, 0.5) is 0 Å². The van der Waals surface area contributed by atoms with Crippen molar-refractivity contribution in [3.05, 3.63) is 36.0 Å². The molecule has 7 amide bonds. The first kappa shape index (κ1) is 50.7. The predicted molar refractivity (Wildman–Crippen MR) is 218 cm³/mol. The van der Waals surface area contributed by atoms with E-state index in [1.54, 1.807) is 44.3 Å². The van der Waals surface area contributed by atoms with E-state index in [1.807, 2.05) is 0 Å². The first-order valence-corrected chi connectivity index (χ1v) is 20.0. The Kier molecular flexibility index (Phi) is 18.9. The van der Waals surface area contributed by atoms with E-state index in [-0.39, 0.29) is 38.1 Å². The molecule has 14 N–H and O–H groups in total. The number of aromatic nitrogens is 1. The second kappa shape index (κ2) is 23.5. The van der Waals surface area contributed by atoms with Crippen LogP contribution in [-0.4, -0.2) is 163 Å². The molecule has 0 radical (unpaired) electrons. The Morgan fingerprint density at radius 1 is 0.698 bits per heavy atom. The Bertz CT molecular complexity index is 2020. The molecule has 24 heteroatoms. The lowest BCUT2D eigenvalue weighted by Gasteiger charge is -2.30. The molecule has 1 aliphatic heterocycles. The highest BCUT2D eigenvalue weighted by Gasteiger charge is 2.41. The summed E-state index contributed by atoms with van der Waals surface area (Å²) in [5.41, 5.74) is 6.84. The number of nitrogens with one attached hydrogen (secondary N) is 7. The maximum atomic E-state index is 13.8. The van der Waals surface area contributed by atoms with Crippen molar-refractivity contribution in [3.8, 4) is 0 Å². The predicted octanol–water partition coefficient (Wildman–Crippen LogP) is -3.98. The summed E-state index contributed by atoms with van der Waals surface area (Å²) in [5, 5.41) is 63.0. The summed E-state index contributed by atoms with van der Waals surface area (Å²) < 4.78 is 0. The lowest BCUT2D eigenvalue weighted by molar-refractivity contribution is -0.147. The molecule has 63 heavy (non-hydrogen) atoms. The van der Waals surface area contributed by atoms with Gasteiger partial charge in [0.05, 0.1) is 32.1 Å². The summed E-state index contributed by atoms with van der Waals surface area (Å²) in [6.07, 6.45) is -0.395. The van der Waals surface area contributed by atoms with Crippen molar-refractivity contribution in [1.29, 1.82) is 0 Å². The number of aliphatic hydroxyl groups is 2. The van der Waals surface area contributed by atoms with Crippen molar-refractivity contribution in [2.24, 2.45) is 11.7 Å². The lowest BCUT2D eigenvalue weighted by atomic mass is 10.0. The van der Waals surface area contributed by atoms with E-state index >= 15 is 0 Å². The van der Waals surface area contributed by atoms with Gasteiger partial charge in [-0.3, -0.25) is 43.2 Å². The Hall–Kier alpha value is -6.66. The maximum Gasteiger partial charge on any atom is 0.326 e. The number of carboxylic acid groups (broad SMARTS) is 3. The smallest absolute Gasteiger partial charge is 0.326 e. The van der Waals surface area contributed by atoms with Gasteiger partial charge in [0.25, 0.3) is 0 Å². The van der Waals surface area contributed by atoms with Crippen LogP contribution in [0.3, 0.4) is 0 Å². The number of nitrogens with two attached hydrogens (primary N) is 1. The van der Waals surface area contributed by atoms with Crippen LogP contribution in [0, 0.1) is 5.92 Å². The fourth-order valence-corrected chi connectivity index (χ4v) is 6.73. The number of carboxylic acids is 3. The second-order valence-electron chi connectivity index (χ2n) is 15.4. The lowest BCUT2D eigenvalue weighted by Crippen LogP contribution is -2.61. The first-order valence-electron chi connectivity index (χ1n) is 20.0. The van der Waals surface area contributed by atoms with Crippen LogP contribution in [0.25, 0.3) is 10.9 Å². The number of carbonyl (C=O) groups is 10. The number of hydrogen-bond acceptors (Lipinski definition) is 13. The molecule has 24 nitrogen and oxygen atoms in total. The van der Waals surface area contributed by atoms with Gasteiger partial charge in [0.1, 0.15) is 42.3 Å². The van der Waals surface area contributed by atoms with Gasteiger partial charge in [-0.2, -0.15) is 0 Å². The molecule has 0 bridgehead atoms. The molecule has 1 aromatic heterocycles. The number of H-pyrrole nitrogens is 1. The van der Waals surface area contributed by atoms with Gasteiger partial charge in [0.15, 0.2) is 0 Å². The van der Waals surface area contributed by atoms with Crippen LogP contribution in [-0.2, 0) is 54.4 Å². The third-order valence-corrected chi connectivity index (χ3v) is 9.94. The summed E-state index contributed by atoms with van der Waals surface area (Å²) in [7, 11) is 0. The number of nitrogens with zero attached hydrogens (tertiary/aromatic N) is 1. The number of aliphatic carboxylic acids is 3. The van der Waals surface area contributed by atoms with Crippen LogP contribution in [0.2, 0.25) is 0 Å². The average molecular weight is 890 g/mol. The number of amides is 7. The highest BCUT2D eigenvalue weighted by molar-refractivity contribution is 5.99. The molecule has 0 unspecified atom stereocenters. The summed E-state index contributed by atoms with van der Waals surface area (Å²) in [6.45, 7) is 2.52. The monoisotopic (exact) mass is 889 g/mol. The fraction of sp³-hybridized carbons (Fsp3) is 0.538. The van der Waals surface area contributed by atoms with Crippen LogP contribution >= 0.6 is 0 Å². The Balaban J connectivity index is 1.74. The van der Waals surface area contributed by atoms with Gasteiger partial charge in [0.2, 0.25) is 41.4 Å². The summed E-state index contributed by atoms with van der Waals surface area (Å²) >= 11 is 0. The fourth-order valence-electron chi connectivity index (χ4n) is 6.73. The van der Waals surface area contributed by atoms with Crippen molar-refractivity contribution in [1.82, 2.24) is 41.8 Å². The topological polar surface area (TPSA) is 389 Å². The third kappa shape index (κ3) is 14.7. The molecule has 8 atom stereocenters. The Morgan fingerprint density at radius 2 is 1.21 bits per heavy atom. The average Bonchev–Trinajstić information content (AvgIpc) is 3.87. The molecule has 0 saturated carbocycles. The van der Waals surface area contributed by atoms with Gasteiger partial charge in [-0.1, -0.05) is 32.0 Å². The Morgan fingerprint density at radius 3 is 1.76 bits per heavy atom. The minimum Gasteiger partial charge on any atom is -0.481 e. The SMILES string of the molecule is CC(C)C[C@H](NC(=O)[C@H](CO)NC(=O)[C@H](C)N)C(=O)N[C@@H](CC(=O)O)C(=O)N[C@@H](CO)C(=O)N[C@@H](CC(=O)O)C(=O)N1CCC[C@H]1C(=O)N[C@@H](Cc1c[nH]c2ccccc12)C(=O)O. The number of aromatic amines is 1. The zero-order chi connectivity index (χ0) is 47.1. The van der Waals surface area contributed by atoms with E-state index in [1.165, 1.54) is 6.92 Å². The number of aliphatic hydroxyl groups excluding tert-OH is 2. The Labute approximate surface area is 360 Å². The third-order valence-electron chi connectivity index (χ3n) is 9.94. The van der Waals surface area contributed by atoms with Crippen LogP contribution in [0.5, 0.6) is 0 Å². The van der Waals surface area contributed by atoms with Crippen LogP contribution in [0.15, 0.2) is 30.5 Å². The number of rotatable bonds is 24. The van der Waals surface area contributed by atoms with Crippen LogP contribution < -0.4 is 37.6 Å². The highest BCUT2D eigenvalue weighted by atomic mass is 16.4. The number of para-hydroxylation sites is 1. The van der Waals surface area contributed by atoms with E-state index in [2.05, 4.69) is 36.9 Å². The van der Waals surface area contributed by atoms with Crippen molar-refractivity contribution in [2.45, 2.75) is 108 Å². The summed E-state index contributed by atoms with van der Waals surface area (Å²) in [5.74, 6) is -12.3. The normalized spacial score (nSPS) is 16.9. The number of carbonyl (C=O) groups excluding carboxylic acids is 7. The molecule has 2 heterocycles. The maximum absolute atomic E-state index is 13.8. The number of likely N-dealkylation sites (tertiary alicyclic amines) is 1. The van der Waals surface area contributed by atoms with Crippen molar-refractivity contribution >= 4 is 70.2 Å². The van der Waals surface area contributed by atoms with E-state index in [9.17, 15) is 73.5 Å². The molecular weight excluding hydrogens is 834 g/mol. The zero-order valence-corrected chi connectivity index (χ0v) is 34.8. The molecule has 2 aromatic rings. The van der Waals surface area contributed by atoms with E-state index in [4.69, 9.17) is 5.73 Å². The van der Waals surface area contributed by atoms with Gasteiger partial charge in [-0.15, -0.1) is 0 Å². The van der Waals surface area contributed by atoms with Gasteiger partial charge >= 0.3 is 17.9 Å². The highest BCUT2D eigenvalue weighted by Crippen LogP contribution is 2.22. The van der Waals surface area contributed by atoms with Crippen molar-refractivity contribution in [3.63, 3.8) is 0 Å². The number of fused-ring (bicyclic) bond motifs is 1. The summed E-state index contributed by atoms with van der Waals surface area (Å²) in [6, 6.07) is -5.41. The van der Waals surface area contributed by atoms with Crippen LogP contribution in [0.1, 0.15) is 58.4 Å². The number of hydrogen-bond donors (Lipinski definition) is 13. The minimum absolute atomic E-state index is 0.0601. The van der Waals surface area contributed by atoms with Gasteiger partial charge in [0, 0.05) is 30.1 Å². The molecule has 0 spiro atoms. The molecule has 1 fully saturated rings. The van der Waals surface area contributed by atoms with E-state index in [0.717, 1.165) is 15.8 Å². The van der Waals surface area contributed by atoms with Gasteiger partial charge < -0.3 is 73.1 Å². The summed E-state index contributed by atoms with van der Waals surface area (Å²) in [4.78, 5) is 132. The molecular formula is C39H55N9O15. The van der Waals surface area contributed by atoms with E-state index < -0.39 is 134 Å². The quantitative estimate of drug-likeness (QED) is 0.0478. The van der Waals surface area contributed by atoms with Gasteiger partial charge in [-0.05, 0) is 43.7 Å². The minimum atomic E-state index is -1.96. The van der Waals surface area contributed by atoms with Crippen molar-refractivity contribution < 1.29 is 73.5 Å². The van der Waals surface area contributed by atoms with Gasteiger partial charge in [-0.25, -0.2) is 4.79 Å². The standard InChI is InChI=1S/C39H55N9O15/c1-18(2)11-23(42-35(58)27(16-49)46-32(55)19(3)40)33(56)43-24(13-30(51)52)34(57)47-28(17-50)36(59)44-25(14-31(53)54)38(61)48-10-6-9-29(48)37(60)45-26(39(62)63)12-20-15-41-22-8-5-4-7-21(20)22/h4-5,7-8,15,18-19,23-29,41,49-50H,6,9-14,16-17,40H2,1-3H3,(H,42,58)(H,43,56)(H,44,59)(H,45,60)(H,46,55)(H,47,57)(H,51,52)(H,53,54)(H,62,63)/t19-,23-,24-,25-,26-,27-,28-,29-/m0/s1. The first-order chi connectivity index (χ1) is 29.7. The molecule has 1 aliphatic rings. The zero-order valence-electron chi connectivity index (χ0n) is 34.8. The molecule has 346 valence electrons. The van der Waals surface area contributed by atoms with E-state index in [0.29, 0.717) is 5.56 Å². The molecule has 1 saturated heterocycles. The van der Waals surface area contributed by atoms with Crippen molar-refractivity contribution in [2.75, 3.05) is 19.8 Å². The molecule has 0 aliphatic carbocycles. The molecule has 3 rings (SSSR count). The number of benzene rings is 1. The molecule has 1 aromatic carbocycles. The second-order valence-corrected chi connectivity index (χ2v) is 15.4.